The maximum atomic E-state index is 10.6. The number of hydrogen-bond donors (Lipinski definition) is 1. The first-order valence-electron chi connectivity index (χ1n) is 5.13. The first kappa shape index (κ1) is 12.7. The van der Waals surface area contributed by atoms with E-state index in [1.807, 2.05) is 0 Å². The Kier molecular flexibility index (Phi) is 3.98. The summed E-state index contributed by atoms with van der Waals surface area (Å²) in [5, 5.41) is 7.92. The average molecular weight is 235 g/mol. The van der Waals surface area contributed by atoms with E-state index in [4.69, 9.17) is 16.7 Å². The van der Waals surface area contributed by atoms with E-state index in [1.54, 1.807) is 0 Å². The topological polar surface area (TPSA) is 43.8 Å². The van der Waals surface area contributed by atoms with Crippen LogP contribution in [-0.2, 0) is 4.79 Å². The van der Waals surface area contributed by atoms with Gasteiger partial charge in [0.1, 0.15) is 5.38 Å². The van der Waals surface area contributed by atoms with Gasteiger partial charge in [-0.05, 0) is 20.9 Å². The fourth-order valence-corrected chi connectivity index (χ4v) is 2.00. The Morgan fingerprint density at radius 2 is 2.13 bits per heavy atom. The predicted octanol–water partition coefficient (Wildman–Crippen LogP) is 0.704. The van der Waals surface area contributed by atoms with Crippen LogP contribution in [0.3, 0.4) is 0 Å². The molecule has 0 spiro atoms. The third-order valence-corrected chi connectivity index (χ3v) is 3.41. The summed E-state index contributed by atoms with van der Waals surface area (Å²) in [6.07, 6.45) is 0. The molecular formula is C10H19ClN2O2. The summed E-state index contributed by atoms with van der Waals surface area (Å²) in [6, 6.07) is 0. The van der Waals surface area contributed by atoms with Crippen molar-refractivity contribution in [2.24, 2.45) is 0 Å². The Morgan fingerprint density at radius 1 is 1.53 bits per heavy atom. The van der Waals surface area contributed by atoms with Crippen molar-refractivity contribution in [1.29, 1.82) is 0 Å². The van der Waals surface area contributed by atoms with Crippen molar-refractivity contribution in [2.45, 2.75) is 24.8 Å². The first-order valence-corrected chi connectivity index (χ1v) is 5.57. The van der Waals surface area contributed by atoms with E-state index in [0.717, 1.165) is 19.6 Å². The molecule has 0 aliphatic carbocycles. The third-order valence-electron chi connectivity index (χ3n) is 3.08. The highest BCUT2D eigenvalue weighted by Crippen LogP contribution is 2.19. The molecule has 1 aliphatic heterocycles. The van der Waals surface area contributed by atoms with Crippen molar-refractivity contribution in [3.63, 3.8) is 0 Å². The number of nitrogens with zero attached hydrogens (tertiary/aromatic N) is 2. The molecule has 0 saturated carbocycles. The lowest BCUT2D eigenvalue weighted by Gasteiger charge is -2.45. The molecule has 0 bridgehead atoms. The average Bonchev–Trinajstić information content (AvgIpc) is 2.10. The second-order valence-electron chi connectivity index (χ2n) is 4.77. The van der Waals surface area contributed by atoms with E-state index in [1.165, 1.54) is 0 Å². The highest BCUT2D eigenvalue weighted by Gasteiger charge is 2.32. The fraction of sp³-hybridized carbons (Fsp3) is 0.900. The predicted molar refractivity (Wildman–Crippen MR) is 60.4 cm³/mol. The third kappa shape index (κ3) is 3.33. The van der Waals surface area contributed by atoms with Crippen LogP contribution in [0.5, 0.6) is 0 Å². The first-order chi connectivity index (χ1) is 6.83. The van der Waals surface area contributed by atoms with Gasteiger partial charge in [0, 0.05) is 31.7 Å². The molecule has 1 N–H and O–H groups in total. The minimum Gasteiger partial charge on any atom is -0.480 e. The molecular weight excluding hydrogens is 216 g/mol. The van der Waals surface area contributed by atoms with Crippen LogP contribution >= 0.6 is 11.6 Å². The van der Waals surface area contributed by atoms with Gasteiger partial charge in [-0.1, -0.05) is 0 Å². The van der Waals surface area contributed by atoms with Gasteiger partial charge in [-0.3, -0.25) is 14.6 Å². The molecule has 0 aromatic heterocycles. The van der Waals surface area contributed by atoms with Crippen LogP contribution in [-0.4, -0.2) is 65.0 Å². The van der Waals surface area contributed by atoms with E-state index >= 15 is 0 Å². The molecule has 5 heteroatoms. The van der Waals surface area contributed by atoms with Crippen LogP contribution in [0, 0.1) is 0 Å². The second-order valence-corrected chi connectivity index (χ2v) is 5.30. The van der Waals surface area contributed by atoms with Gasteiger partial charge < -0.3 is 5.11 Å². The summed E-state index contributed by atoms with van der Waals surface area (Å²) in [5.41, 5.74) is 0.0906. The minimum atomic E-state index is -0.937. The summed E-state index contributed by atoms with van der Waals surface area (Å²) in [5.74, 6) is -0.937. The van der Waals surface area contributed by atoms with Gasteiger partial charge in [-0.2, -0.15) is 0 Å². The summed E-state index contributed by atoms with van der Waals surface area (Å²) < 4.78 is 0. The van der Waals surface area contributed by atoms with Gasteiger partial charge in [0.25, 0.3) is 0 Å². The number of aliphatic carboxylic acids is 1. The highest BCUT2D eigenvalue weighted by atomic mass is 35.5. The number of halogens is 1. The van der Waals surface area contributed by atoms with Crippen LogP contribution in [0.4, 0.5) is 0 Å². The zero-order valence-electron chi connectivity index (χ0n) is 9.53. The lowest BCUT2D eigenvalue weighted by atomic mass is 10.00. The van der Waals surface area contributed by atoms with Gasteiger partial charge in [0.15, 0.2) is 0 Å². The minimum absolute atomic E-state index is 0.0906. The standard InChI is InChI=1S/C10H19ClN2O2/c1-10(2)7-13(5-4-12(10)3)6-8(11)9(14)15/h8H,4-7H2,1-3H3,(H,14,15). The largest absolute Gasteiger partial charge is 0.480 e. The Morgan fingerprint density at radius 3 is 2.60 bits per heavy atom. The Labute approximate surface area is 95.8 Å². The zero-order chi connectivity index (χ0) is 11.6. The van der Waals surface area contributed by atoms with E-state index < -0.39 is 11.3 Å². The Balaban J connectivity index is 2.49. The molecule has 1 unspecified atom stereocenters. The SMILES string of the molecule is CN1CCN(CC(Cl)C(=O)O)CC1(C)C. The van der Waals surface area contributed by atoms with Gasteiger partial charge in [0.2, 0.25) is 0 Å². The van der Waals surface area contributed by atoms with E-state index in [-0.39, 0.29) is 5.54 Å². The quantitative estimate of drug-likeness (QED) is 0.731. The lowest BCUT2D eigenvalue weighted by Crippen LogP contribution is -2.58. The molecule has 1 aliphatic rings. The van der Waals surface area contributed by atoms with Gasteiger partial charge in [-0.15, -0.1) is 11.6 Å². The van der Waals surface area contributed by atoms with Crippen molar-refractivity contribution in [3.8, 4) is 0 Å². The molecule has 0 amide bonds. The maximum absolute atomic E-state index is 10.6. The zero-order valence-corrected chi connectivity index (χ0v) is 10.3. The summed E-state index contributed by atoms with van der Waals surface area (Å²) in [4.78, 5) is 15.0. The maximum Gasteiger partial charge on any atom is 0.322 e. The molecule has 4 nitrogen and oxygen atoms in total. The molecule has 88 valence electrons. The van der Waals surface area contributed by atoms with Gasteiger partial charge in [-0.25, -0.2) is 0 Å². The summed E-state index contributed by atoms with van der Waals surface area (Å²) in [6.45, 7) is 7.44. The molecule has 1 atom stereocenters. The van der Waals surface area contributed by atoms with E-state index in [9.17, 15) is 4.79 Å². The highest BCUT2D eigenvalue weighted by molar-refractivity contribution is 6.29. The van der Waals surface area contributed by atoms with Crippen LogP contribution in [0.15, 0.2) is 0 Å². The summed E-state index contributed by atoms with van der Waals surface area (Å²) in [7, 11) is 2.09. The van der Waals surface area contributed by atoms with Gasteiger partial charge >= 0.3 is 5.97 Å². The molecule has 15 heavy (non-hydrogen) atoms. The molecule has 0 aromatic carbocycles. The second kappa shape index (κ2) is 4.68. The van der Waals surface area contributed by atoms with Crippen LogP contribution in [0.1, 0.15) is 13.8 Å². The number of piperazine rings is 1. The van der Waals surface area contributed by atoms with E-state index in [2.05, 4.69) is 30.7 Å². The fourth-order valence-electron chi connectivity index (χ4n) is 1.80. The van der Waals surface area contributed by atoms with Crippen molar-refractivity contribution in [3.05, 3.63) is 0 Å². The summed E-state index contributed by atoms with van der Waals surface area (Å²) >= 11 is 5.72. The smallest absolute Gasteiger partial charge is 0.322 e. The Hall–Kier alpha value is -0.320. The number of alkyl halides is 1. The van der Waals surface area contributed by atoms with Gasteiger partial charge in [0.05, 0.1) is 0 Å². The normalized spacial score (nSPS) is 25.1. The molecule has 1 heterocycles. The molecule has 0 aromatic rings. The number of likely N-dealkylation sites (N-methyl/N-ethyl adjacent to an activating group) is 1. The molecule has 1 saturated heterocycles. The van der Waals surface area contributed by atoms with Crippen LogP contribution in [0.25, 0.3) is 0 Å². The lowest BCUT2D eigenvalue weighted by molar-refractivity contribution is -0.137. The van der Waals surface area contributed by atoms with Crippen molar-refractivity contribution >= 4 is 17.6 Å². The number of rotatable bonds is 3. The van der Waals surface area contributed by atoms with E-state index in [0.29, 0.717) is 6.54 Å². The molecule has 1 rings (SSSR count). The van der Waals surface area contributed by atoms with Crippen molar-refractivity contribution in [2.75, 3.05) is 33.2 Å². The number of carboxylic acids is 1. The molecule has 0 radical (unpaired) electrons. The van der Waals surface area contributed by atoms with Crippen LogP contribution in [0.2, 0.25) is 0 Å². The van der Waals surface area contributed by atoms with Crippen molar-refractivity contribution < 1.29 is 9.90 Å². The Bertz CT molecular complexity index is 246. The number of carbonyl (C=O) groups is 1. The number of carboxylic acid groups (broad SMARTS) is 1. The van der Waals surface area contributed by atoms with Crippen LogP contribution < -0.4 is 0 Å². The number of hydrogen-bond acceptors (Lipinski definition) is 3. The molecule has 1 fully saturated rings. The monoisotopic (exact) mass is 234 g/mol. The van der Waals surface area contributed by atoms with Crippen molar-refractivity contribution in [1.82, 2.24) is 9.80 Å².